The summed E-state index contributed by atoms with van der Waals surface area (Å²) in [6.45, 7) is 1.29. The number of hydrogen-bond acceptors (Lipinski definition) is 4. The summed E-state index contributed by atoms with van der Waals surface area (Å²) in [5.74, 6) is 0.564. The third-order valence-corrected chi connectivity index (χ3v) is 4.45. The van der Waals surface area contributed by atoms with Crippen molar-refractivity contribution in [3.8, 4) is 11.5 Å². The van der Waals surface area contributed by atoms with E-state index >= 15 is 0 Å². The first kappa shape index (κ1) is 18.8. The van der Waals surface area contributed by atoms with Gasteiger partial charge in [0.05, 0.1) is 12.1 Å². The normalized spacial score (nSPS) is 17.4. The zero-order chi connectivity index (χ0) is 16.2. The summed E-state index contributed by atoms with van der Waals surface area (Å²) < 4.78 is 5.48. The van der Waals surface area contributed by atoms with Gasteiger partial charge in [-0.2, -0.15) is 0 Å². The number of nitrogens with zero attached hydrogens (tertiary/aromatic N) is 2. The van der Waals surface area contributed by atoms with E-state index in [0.29, 0.717) is 23.2 Å². The van der Waals surface area contributed by atoms with Crippen LogP contribution in [0.25, 0.3) is 11.5 Å². The minimum atomic E-state index is 0. The Kier molecular flexibility index (Phi) is 6.66. The Morgan fingerprint density at radius 2 is 2.08 bits per heavy atom. The standard InChI is InChI=1S/C17H20ClN3O2.ClH/c18-13-6-4-12(5-7-13)17-20-14(11-23-17)9-16(22)21-8-2-1-3-15(21)10-19;/h4-7,11,15H,1-3,8-10,19H2;1H. The molecule has 0 radical (unpaired) electrons. The van der Waals surface area contributed by atoms with Crippen LogP contribution in [0.4, 0.5) is 0 Å². The highest BCUT2D eigenvalue weighted by atomic mass is 35.5. The molecule has 7 heteroatoms. The third kappa shape index (κ3) is 4.29. The fourth-order valence-electron chi connectivity index (χ4n) is 2.94. The average molecular weight is 370 g/mol. The van der Waals surface area contributed by atoms with E-state index in [9.17, 15) is 4.79 Å². The number of likely N-dealkylation sites (tertiary alicyclic amines) is 1. The molecule has 1 atom stereocenters. The molecule has 1 aliphatic rings. The lowest BCUT2D eigenvalue weighted by atomic mass is 10.0. The summed E-state index contributed by atoms with van der Waals surface area (Å²) in [5.41, 5.74) is 7.26. The summed E-state index contributed by atoms with van der Waals surface area (Å²) in [4.78, 5) is 18.8. The smallest absolute Gasteiger partial charge is 0.229 e. The van der Waals surface area contributed by atoms with Crippen LogP contribution in [0.3, 0.4) is 0 Å². The summed E-state index contributed by atoms with van der Waals surface area (Å²) >= 11 is 5.88. The molecule has 1 unspecified atom stereocenters. The molecule has 1 saturated heterocycles. The van der Waals surface area contributed by atoms with Crippen molar-refractivity contribution >= 4 is 29.9 Å². The van der Waals surface area contributed by atoms with Gasteiger partial charge in [-0.05, 0) is 43.5 Å². The van der Waals surface area contributed by atoms with Crippen LogP contribution in [0.2, 0.25) is 5.02 Å². The molecule has 1 aromatic heterocycles. The Morgan fingerprint density at radius 1 is 1.33 bits per heavy atom. The molecule has 24 heavy (non-hydrogen) atoms. The highest BCUT2D eigenvalue weighted by Crippen LogP contribution is 2.22. The number of carbonyl (C=O) groups is 1. The topological polar surface area (TPSA) is 72.4 Å². The summed E-state index contributed by atoms with van der Waals surface area (Å²) in [7, 11) is 0. The zero-order valence-corrected chi connectivity index (χ0v) is 14.9. The maximum absolute atomic E-state index is 12.5. The van der Waals surface area contributed by atoms with E-state index in [0.717, 1.165) is 31.4 Å². The highest BCUT2D eigenvalue weighted by molar-refractivity contribution is 6.30. The van der Waals surface area contributed by atoms with E-state index in [1.54, 1.807) is 18.4 Å². The molecule has 1 aliphatic heterocycles. The minimum Gasteiger partial charge on any atom is -0.444 e. The van der Waals surface area contributed by atoms with Gasteiger partial charge in [0, 0.05) is 29.7 Å². The van der Waals surface area contributed by atoms with Crippen LogP contribution in [-0.2, 0) is 11.2 Å². The van der Waals surface area contributed by atoms with Crippen molar-refractivity contribution in [2.45, 2.75) is 31.7 Å². The van der Waals surface area contributed by atoms with Crippen LogP contribution in [-0.4, -0.2) is 34.9 Å². The predicted molar refractivity (Wildman–Crippen MR) is 96.3 cm³/mol. The average Bonchev–Trinajstić information content (AvgIpc) is 3.04. The molecule has 0 saturated carbocycles. The first-order valence-electron chi connectivity index (χ1n) is 7.87. The Labute approximate surface area is 152 Å². The number of benzene rings is 1. The lowest BCUT2D eigenvalue weighted by Gasteiger charge is -2.35. The molecule has 2 heterocycles. The number of aromatic nitrogens is 1. The number of carbonyl (C=O) groups excluding carboxylic acids is 1. The van der Waals surface area contributed by atoms with Crippen LogP contribution in [0.15, 0.2) is 34.9 Å². The Hall–Kier alpha value is -1.56. The lowest BCUT2D eigenvalue weighted by Crippen LogP contribution is -2.48. The van der Waals surface area contributed by atoms with Gasteiger partial charge in [-0.15, -0.1) is 12.4 Å². The highest BCUT2D eigenvalue weighted by Gasteiger charge is 2.26. The first-order valence-corrected chi connectivity index (χ1v) is 8.25. The van der Waals surface area contributed by atoms with E-state index in [1.165, 1.54) is 0 Å². The van der Waals surface area contributed by atoms with E-state index in [2.05, 4.69) is 4.98 Å². The van der Waals surface area contributed by atoms with Crippen molar-refractivity contribution in [1.82, 2.24) is 9.88 Å². The van der Waals surface area contributed by atoms with Gasteiger partial charge >= 0.3 is 0 Å². The quantitative estimate of drug-likeness (QED) is 0.896. The second-order valence-electron chi connectivity index (χ2n) is 5.80. The van der Waals surface area contributed by atoms with Gasteiger partial charge in [-0.3, -0.25) is 4.79 Å². The summed E-state index contributed by atoms with van der Waals surface area (Å²) in [6, 6.07) is 7.40. The zero-order valence-electron chi connectivity index (χ0n) is 13.3. The number of rotatable bonds is 4. The maximum atomic E-state index is 12.5. The van der Waals surface area contributed by atoms with Crippen molar-refractivity contribution < 1.29 is 9.21 Å². The van der Waals surface area contributed by atoms with Gasteiger partial charge in [0.25, 0.3) is 0 Å². The van der Waals surface area contributed by atoms with Crippen molar-refractivity contribution in [3.05, 3.63) is 41.2 Å². The maximum Gasteiger partial charge on any atom is 0.229 e. The molecule has 5 nitrogen and oxygen atoms in total. The molecule has 2 aromatic rings. The molecule has 0 spiro atoms. The first-order chi connectivity index (χ1) is 11.2. The van der Waals surface area contributed by atoms with Crippen molar-refractivity contribution in [2.24, 2.45) is 5.73 Å². The number of amides is 1. The summed E-state index contributed by atoms with van der Waals surface area (Å²) in [5, 5.41) is 0.661. The largest absolute Gasteiger partial charge is 0.444 e. The second-order valence-corrected chi connectivity index (χ2v) is 6.24. The van der Waals surface area contributed by atoms with Crippen LogP contribution >= 0.6 is 24.0 Å². The van der Waals surface area contributed by atoms with Crippen LogP contribution in [0.1, 0.15) is 25.0 Å². The number of hydrogen-bond donors (Lipinski definition) is 1. The number of halogens is 2. The van der Waals surface area contributed by atoms with Crippen LogP contribution in [0.5, 0.6) is 0 Å². The van der Waals surface area contributed by atoms with Crippen LogP contribution < -0.4 is 5.73 Å². The molecule has 1 fully saturated rings. The van der Waals surface area contributed by atoms with E-state index in [4.69, 9.17) is 21.8 Å². The minimum absolute atomic E-state index is 0. The molecule has 1 amide bonds. The Morgan fingerprint density at radius 3 is 2.79 bits per heavy atom. The molecule has 0 aliphatic carbocycles. The molecular weight excluding hydrogens is 349 g/mol. The third-order valence-electron chi connectivity index (χ3n) is 4.19. The monoisotopic (exact) mass is 369 g/mol. The number of oxazole rings is 1. The Bertz CT molecular complexity index is 673. The number of nitrogens with two attached hydrogens (primary N) is 1. The van der Waals surface area contributed by atoms with E-state index < -0.39 is 0 Å². The molecule has 0 bridgehead atoms. The fraction of sp³-hybridized carbons (Fsp3) is 0.412. The van der Waals surface area contributed by atoms with Crippen molar-refractivity contribution in [2.75, 3.05) is 13.1 Å². The molecular formula is C17H21Cl2N3O2. The van der Waals surface area contributed by atoms with E-state index in [-0.39, 0.29) is 30.8 Å². The Balaban J connectivity index is 0.00000208. The van der Waals surface area contributed by atoms with Gasteiger partial charge in [0.2, 0.25) is 11.8 Å². The second kappa shape index (κ2) is 8.51. The lowest BCUT2D eigenvalue weighted by molar-refractivity contribution is -0.133. The molecule has 2 N–H and O–H groups in total. The summed E-state index contributed by atoms with van der Waals surface area (Å²) in [6.07, 6.45) is 4.95. The van der Waals surface area contributed by atoms with Gasteiger partial charge in [0.15, 0.2) is 0 Å². The van der Waals surface area contributed by atoms with Crippen molar-refractivity contribution in [3.63, 3.8) is 0 Å². The van der Waals surface area contributed by atoms with Crippen molar-refractivity contribution in [1.29, 1.82) is 0 Å². The fourth-order valence-corrected chi connectivity index (χ4v) is 3.07. The molecule has 130 valence electrons. The van der Waals surface area contributed by atoms with Crippen LogP contribution in [0, 0.1) is 0 Å². The van der Waals surface area contributed by atoms with Gasteiger partial charge in [-0.25, -0.2) is 4.98 Å². The van der Waals surface area contributed by atoms with Gasteiger partial charge < -0.3 is 15.1 Å². The molecule has 1 aromatic carbocycles. The number of piperidine rings is 1. The molecule has 3 rings (SSSR count). The SMILES string of the molecule is Cl.NCC1CCCCN1C(=O)Cc1coc(-c2ccc(Cl)cc2)n1. The van der Waals surface area contributed by atoms with Gasteiger partial charge in [-0.1, -0.05) is 11.6 Å². The van der Waals surface area contributed by atoms with E-state index in [1.807, 2.05) is 17.0 Å². The predicted octanol–water partition coefficient (Wildman–Crippen LogP) is 3.30. The van der Waals surface area contributed by atoms with Gasteiger partial charge in [0.1, 0.15) is 6.26 Å².